The maximum atomic E-state index is 11.6. The molecule has 0 aliphatic heterocycles. The highest BCUT2D eigenvalue weighted by Gasteiger charge is 2.03. The maximum Gasteiger partial charge on any atom is 0.268 e. The van der Waals surface area contributed by atoms with E-state index in [1.807, 2.05) is 44.4 Å². The van der Waals surface area contributed by atoms with Crippen molar-refractivity contribution in [3.05, 3.63) is 51.9 Å². The van der Waals surface area contributed by atoms with Gasteiger partial charge < -0.3 is 5.32 Å². The van der Waals surface area contributed by atoms with Crippen LogP contribution in [0.1, 0.15) is 11.1 Å². The van der Waals surface area contributed by atoms with E-state index in [9.17, 15) is 4.79 Å². The predicted octanol–water partition coefficient (Wildman–Crippen LogP) is 1.19. The molecular formula is C12H15N3O. The smallest absolute Gasteiger partial charge is 0.268 e. The van der Waals surface area contributed by atoms with Gasteiger partial charge in [0.15, 0.2) is 0 Å². The van der Waals surface area contributed by atoms with E-state index in [0.29, 0.717) is 6.54 Å². The molecule has 0 radical (unpaired) electrons. The number of aromatic nitrogens is 2. The molecule has 0 saturated carbocycles. The molecule has 4 nitrogen and oxygen atoms in total. The monoisotopic (exact) mass is 217 g/mol. The fourth-order valence-corrected chi connectivity index (χ4v) is 1.59. The zero-order valence-corrected chi connectivity index (χ0v) is 9.45. The molecule has 2 aromatic rings. The second-order valence-electron chi connectivity index (χ2n) is 3.83. The highest BCUT2D eigenvalue weighted by molar-refractivity contribution is 5.33. The Hall–Kier alpha value is -1.81. The lowest BCUT2D eigenvalue weighted by molar-refractivity contribution is 0.812. The summed E-state index contributed by atoms with van der Waals surface area (Å²) >= 11 is 0. The van der Waals surface area contributed by atoms with E-state index in [0.717, 1.165) is 11.3 Å². The zero-order valence-electron chi connectivity index (χ0n) is 9.45. The Morgan fingerprint density at radius 1 is 1.31 bits per heavy atom. The van der Waals surface area contributed by atoms with Crippen LogP contribution < -0.4 is 10.9 Å². The molecule has 0 atom stereocenters. The number of aromatic amines is 1. The number of nitrogens with one attached hydrogen (secondary N) is 2. The SMILES string of the molecule is CNCc1cn(-c2ccc(C)cc2)[nH]c1=O. The van der Waals surface area contributed by atoms with Gasteiger partial charge in [0, 0.05) is 12.7 Å². The van der Waals surface area contributed by atoms with Gasteiger partial charge in [-0.3, -0.25) is 14.6 Å². The Labute approximate surface area is 93.9 Å². The molecule has 1 aromatic heterocycles. The Morgan fingerprint density at radius 2 is 2.00 bits per heavy atom. The van der Waals surface area contributed by atoms with Crippen LogP contribution in [0, 0.1) is 6.92 Å². The second-order valence-corrected chi connectivity index (χ2v) is 3.83. The van der Waals surface area contributed by atoms with E-state index in [1.165, 1.54) is 5.56 Å². The highest BCUT2D eigenvalue weighted by Crippen LogP contribution is 2.07. The summed E-state index contributed by atoms with van der Waals surface area (Å²) in [5, 5.41) is 5.75. The Morgan fingerprint density at radius 3 is 2.62 bits per heavy atom. The molecule has 0 spiro atoms. The maximum absolute atomic E-state index is 11.6. The third kappa shape index (κ3) is 2.06. The van der Waals surface area contributed by atoms with E-state index in [1.54, 1.807) is 4.68 Å². The topological polar surface area (TPSA) is 49.8 Å². The summed E-state index contributed by atoms with van der Waals surface area (Å²) in [4.78, 5) is 11.6. The normalized spacial score (nSPS) is 10.6. The Kier molecular flexibility index (Phi) is 2.92. The van der Waals surface area contributed by atoms with Crippen LogP contribution in [0.15, 0.2) is 35.3 Å². The van der Waals surface area contributed by atoms with Crippen LogP contribution in [0.5, 0.6) is 0 Å². The molecule has 0 bridgehead atoms. The molecular weight excluding hydrogens is 202 g/mol. The van der Waals surface area contributed by atoms with Gasteiger partial charge in [-0.1, -0.05) is 17.7 Å². The van der Waals surface area contributed by atoms with Crippen LogP contribution >= 0.6 is 0 Å². The number of aryl methyl sites for hydroxylation is 1. The van der Waals surface area contributed by atoms with Gasteiger partial charge in [-0.2, -0.15) is 0 Å². The lowest BCUT2D eigenvalue weighted by Gasteiger charge is -2.01. The van der Waals surface area contributed by atoms with Crippen LogP contribution in [0.4, 0.5) is 0 Å². The lowest BCUT2D eigenvalue weighted by Crippen LogP contribution is -2.13. The molecule has 4 heteroatoms. The number of rotatable bonds is 3. The van der Waals surface area contributed by atoms with Crippen molar-refractivity contribution in [2.24, 2.45) is 0 Å². The van der Waals surface area contributed by atoms with Crippen LogP contribution in [0.2, 0.25) is 0 Å². The van der Waals surface area contributed by atoms with Gasteiger partial charge in [0.1, 0.15) is 0 Å². The van der Waals surface area contributed by atoms with E-state index in [2.05, 4.69) is 10.4 Å². The number of benzene rings is 1. The van der Waals surface area contributed by atoms with Gasteiger partial charge in [0.25, 0.3) is 5.56 Å². The summed E-state index contributed by atoms with van der Waals surface area (Å²) in [7, 11) is 1.82. The fourth-order valence-electron chi connectivity index (χ4n) is 1.59. The van der Waals surface area contributed by atoms with Gasteiger partial charge >= 0.3 is 0 Å². The van der Waals surface area contributed by atoms with Crippen molar-refractivity contribution < 1.29 is 0 Å². The molecule has 0 saturated heterocycles. The molecule has 1 heterocycles. The molecule has 0 fully saturated rings. The summed E-state index contributed by atoms with van der Waals surface area (Å²) in [6.45, 7) is 2.61. The van der Waals surface area contributed by atoms with E-state index >= 15 is 0 Å². The van der Waals surface area contributed by atoms with Crippen LogP contribution in [0.25, 0.3) is 5.69 Å². The summed E-state index contributed by atoms with van der Waals surface area (Å²) < 4.78 is 1.74. The molecule has 2 N–H and O–H groups in total. The van der Waals surface area contributed by atoms with E-state index < -0.39 is 0 Å². The van der Waals surface area contributed by atoms with Gasteiger partial charge in [-0.05, 0) is 26.1 Å². The molecule has 0 aliphatic carbocycles. The lowest BCUT2D eigenvalue weighted by atomic mass is 10.2. The zero-order chi connectivity index (χ0) is 11.5. The average Bonchev–Trinajstić information content (AvgIpc) is 2.62. The Bertz CT molecular complexity index is 522. The largest absolute Gasteiger partial charge is 0.315 e. The molecule has 84 valence electrons. The first kappa shape index (κ1) is 10.7. The van der Waals surface area contributed by atoms with Crippen molar-refractivity contribution in [1.82, 2.24) is 15.1 Å². The van der Waals surface area contributed by atoms with Crippen LogP contribution in [-0.4, -0.2) is 16.8 Å². The molecule has 2 rings (SSSR count). The first-order chi connectivity index (χ1) is 7.70. The molecule has 0 amide bonds. The molecule has 16 heavy (non-hydrogen) atoms. The predicted molar refractivity (Wildman–Crippen MR) is 63.9 cm³/mol. The van der Waals surface area contributed by atoms with Crippen molar-refractivity contribution in [2.45, 2.75) is 13.5 Å². The standard InChI is InChI=1S/C12H15N3O/c1-9-3-5-11(6-4-9)15-8-10(7-13-2)12(16)14-15/h3-6,8,13H,7H2,1-2H3,(H,14,16). The van der Waals surface area contributed by atoms with Gasteiger partial charge in [0.05, 0.1) is 11.3 Å². The minimum Gasteiger partial charge on any atom is -0.315 e. The average molecular weight is 217 g/mol. The number of nitrogens with zero attached hydrogens (tertiary/aromatic N) is 1. The quantitative estimate of drug-likeness (QED) is 0.811. The van der Waals surface area contributed by atoms with Crippen molar-refractivity contribution in [3.63, 3.8) is 0 Å². The number of hydrogen-bond acceptors (Lipinski definition) is 2. The van der Waals surface area contributed by atoms with E-state index in [4.69, 9.17) is 0 Å². The first-order valence-corrected chi connectivity index (χ1v) is 5.23. The van der Waals surface area contributed by atoms with Crippen molar-refractivity contribution in [3.8, 4) is 5.69 Å². The molecule has 0 unspecified atom stereocenters. The first-order valence-electron chi connectivity index (χ1n) is 5.23. The summed E-state index contributed by atoms with van der Waals surface area (Å²) in [5.74, 6) is 0. The summed E-state index contributed by atoms with van der Waals surface area (Å²) in [5.41, 5.74) is 2.86. The molecule has 0 aliphatic rings. The third-order valence-electron chi connectivity index (χ3n) is 2.48. The minimum absolute atomic E-state index is 0.0464. The van der Waals surface area contributed by atoms with Crippen LogP contribution in [0.3, 0.4) is 0 Å². The van der Waals surface area contributed by atoms with Crippen molar-refractivity contribution in [1.29, 1.82) is 0 Å². The van der Waals surface area contributed by atoms with E-state index in [-0.39, 0.29) is 5.56 Å². The van der Waals surface area contributed by atoms with Crippen molar-refractivity contribution in [2.75, 3.05) is 7.05 Å². The van der Waals surface area contributed by atoms with Gasteiger partial charge in [-0.25, -0.2) is 0 Å². The summed E-state index contributed by atoms with van der Waals surface area (Å²) in [6.07, 6.45) is 1.82. The third-order valence-corrected chi connectivity index (χ3v) is 2.48. The highest BCUT2D eigenvalue weighted by atomic mass is 16.1. The van der Waals surface area contributed by atoms with Gasteiger partial charge in [-0.15, -0.1) is 0 Å². The van der Waals surface area contributed by atoms with Gasteiger partial charge in [0.2, 0.25) is 0 Å². The fraction of sp³-hybridized carbons (Fsp3) is 0.250. The molecule has 1 aromatic carbocycles. The Balaban J connectivity index is 2.37. The van der Waals surface area contributed by atoms with Crippen molar-refractivity contribution >= 4 is 0 Å². The summed E-state index contributed by atoms with van der Waals surface area (Å²) in [6, 6.07) is 8.00. The second kappa shape index (κ2) is 4.37. The number of hydrogen-bond donors (Lipinski definition) is 2. The minimum atomic E-state index is -0.0464. The van der Waals surface area contributed by atoms with Crippen LogP contribution in [-0.2, 0) is 6.54 Å². The number of H-pyrrole nitrogens is 1.